The van der Waals surface area contributed by atoms with Crippen LogP contribution >= 0.6 is 0 Å². The van der Waals surface area contributed by atoms with E-state index in [1.54, 1.807) is 0 Å². The van der Waals surface area contributed by atoms with Crippen LogP contribution in [0.3, 0.4) is 0 Å². The summed E-state index contributed by atoms with van der Waals surface area (Å²) in [6.07, 6.45) is 9.73. The van der Waals surface area contributed by atoms with Crippen LogP contribution in [0.15, 0.2) is 0 Å². The number of esters is 1. The average molecular weight is 346 g/mol. The normalized spacial score (nSPS) is 20.0. The van der Waals surface area contributed by atoms with Crippen LogP contribution in [-0.4, -0.2) is 47.1 Å². The molecule has 0 aromatic heterocycles. The molecule has 1 saturated carbocycles. The summed E-state index contributed by atoms with van der Waals surface area (Å²) < 4.78 is 5.28. The lowest BCUT2D eigenvalue weighted by atomic mass is 9.81. The molecule has 6 heteroatoms. The highest BCUT2D eigenvalue weighted by Crippen LogP contribution is 2.30. The van der Waals surface area contributed by atoms with Crippen molar-refractivity contribution < 1.29 is 29.6 Å². The Morgan fingerprint density at radius 1 is 0.958 bits per heavy atom. The number of aliphatic hydroxyl groups excluding tert-OH is 2. The van der Waals surface area contributed by atoms with E-state index in [1.807, 2.05) is 0 Å². The smallest absolute Gasteiger partial charge is 0.308 e. The fourth-order valence-corrected chi connectivity index (χ4v) is 2.80. The predicted octanol–water partition coefficient (Wildman–Crippen LogP) is 2.75. The summed E-state index contributed by atoms with van der Waals surface area (Å²) in [7, 11) is 0. The van der Waals surface area contributed by atoms with Crippen LogP contribution in [0.1, 0.15) is 71.1 Å². The summed E-state index contributed by atoms with van der Waals surface area (Å²) >= 11 is 0. The van der Waals surface area contributed by atoms with Gasteiger partial charge >= 0.3 is 11.9 Å². The molecular weight excluding hydrogens is 312 g/mol. The molecule has 3 N–H and O–H groups in total. The van der Waals surface area contributed by atoms with Crippen LogP contribution < -0.4 is 0 Å². The van der Waals surface area contributed by atoms with Crippen LogP contribution in [0.5, 0.6) is 0 Å². The zero-order valence-electron chi connectivity index (χ0n) is 14.9. The Hall–Kier alpha value is -1.14. The average Bonchev–Trinajstić information content (AvgIpc) is 2.61. The minimum atomic E-state index is -0.779. The van der Waals surface area contributed by atoms with Crippen molar-refractivity contribution >= 4 is 11.9 Å². The maximum absolute atomic E-state index is 11.9. The zero-order chi connectivity index (χ0) is 18.2. The van der Waals surface area contributed by atoms with Gasteiger partial charge in [0.2, 0.25) is 0 Å². The van der Waals surface area contributed by atoms with Gasteiger partial charge in [-0.2, -0.15) is 0 Å². The Balaban J connectivity index is 0.00000118. The first kappa shape index (κ1) is 22.9. The van der Waals surface area contributed by atoms with E-state index in [9.17, 15) is 9.59 Å². The van der Waals surface area contributed by atoms with E-state index in [0.29, 0.717) is 19.4 Å². The second-order valence-corrected chi connectivity index (χ2v) is 6.28. The number of rotatable bonds is 10. The number of unbranched alkanes of at least 4 members (excludes halogenated alkanes) is 5. The first-order chi connectivity index (χ1) is 11.6. The van der Waals surface area contributed by atoms with Gasteiger partial charge in [0.15, 0.2) is 0 Å². The van der Waals surface area contributed by atoms with E-state index in [-0.39, 0.29) is 31.0 Å². The number of ether oxygens (including phenoxy) is 1. The van der Waals surface area contributed by atoms with Crippen molar-refractivity contribution in [1.29, 1.82) is 0 Å². The highest BCUT2D eigenvalue weighted by Gasteiger charge is 2.31. The van der Waals surface area contributed by atoms with Gasteiger partial charge in [-0.1, -0.05) is 45.4 Å². The number of hydrogen-bond acceptors (Lipinski definition) is 5. The number of carbonyl (C=O) groups is 2. The first-order valence-electron chi connectivity index (χ1n) is 9.17. The second kappa shape index (κ2) is 15.4. The molecule has 0 saturated heterocycles. The molecular formula is C18H34O6. The molecule has 0 aliphatic heterocycles. The van der Waals surface area contributed by atoms with Crippen LogP contribution in [0.25, 0.3) is 0 Å². The van der Waals surface area contributed by atoms with Crippen LogP contribution in [0.2, 0.25) is 0 Å². The molecule has 0 radical (unpaired) electrons. The van der Waals surface area contributed by atoms with Gasteiger partial charge in [-0.25, -0.2) is 0 Å². The zero-order valence-corrected chi connectivity index (χ0v) is 14.9. The lowest BCUT2D eigenvalue weighted by Crippen LogP contribution is -2.28. The summed E-state index contributed by atoms with van der Waals surface area (Å²) in [5.74, 6) is -1.54. The molecule has 0 aromatic carbocycles. The van der Waals surface area contributed by atoms with Crippen molar-refractivity contribution in [3.8, 4) is 0 Å². The number of aliphatic hydroxyl groups is 2. The standard InChI is InChI=1S/C16H28O4.C2H6O2/c1-2-3-4-5-6-7-11-20-16(19)14-10-8-9-13(12-14)15(17)18;3-1-2-4/h13-14H,2-12H2,1H3,(H,17,18);3-4H,1-2H2. The highest BCUT2D eigenvalue weighted by atomic mass is 16.5. The van der Waals surface area contributed by atoms with Gasteiger partial charge in [0.1, 0.15) is 0 Å². The van der Waals surface area contributed by atoms with Crippen LogP contribution in [-0.2, 0) is 14.3 Å². The summed E-state index contributed by atoms with van der Waals surface area (Å²) in [4.78, 5) is 22.8. The first-order valence-corrected chi connectivity index (χ1v) is 9.17. The quantitative estimate of drug-likeness (QED) is 0.415. The van der Waals surface area contributed by atoms with E-state index < -0.39 is 5.97 Å². The maximum atomic E-state index is 11.9. The Kier molecular flexibility index (Phi) is 14.7. The van der Waals surface area contributed by atoms with E-state index >= 15 is 0 Å². The Labute approximate surface area is 145 Å². The largest absolute Gasteiger partial charge is 0.481 e. The molecule has 0 bridgehead atoms. The highest BCUT2D eigenvalue weighted by molar-refractivity contribution is 5.75. The third kappa shape index (κ3) is 11.4. The molecule has 24 heavy (non-hydrogen) atoms. The molecule has 2 unspecified atom stereocenters. The SMILES string of the molecule is CCCCCCCCOC(=O)C1CCCC(C(=O)O)C1.OCCO. The van der Waals surface area contributed by atoms with Crippen molar-refractivity contribution in [1.82, 2.24) is 0 Å². The van der Waals surface area contributed by atoms with E-state index in [0.717, 1.165) is 25.7 Å². The van der Waals surface area contributed by atoms with Gasteiger partial charge in [-0.3, -0.25) is 9.59 Å². The van der Waals surface area contributed by atoms with E-state index in [1.165, 1.54) is 25.7 Å². The number of carboxylic acid groups (broad SMARTS) is 1. The molecule has 142 valence electrons. The molecule has 1 aliphatic rings. The van der Waals surface area contributed by atoms with E-state index in [4.69, 9.17) is 20.1 Å². The minimum Gasteiger partial charge on any atom is -0.481 e. The van der Waals surface area contributed by atoms with Gasteiger partial charge in [0, 0.05) is 0 Å². The van der Waals surface area contributed by atoms with Crippen molar-refractivity contribution in [2.45, 2.75) is 71.1 Å². The second-order valence-electron chi connectivity index (χ2n) is 6.28. The lowest BCUT2D eigenvalue weighted by molar-refractivity contribution is -0.152. The topological polar surface area (TPSA) is 104 Å². The molecule has 1 aliphatic carbocycles. The molecule has 0 aromatic rings. The third-order valence-corrected chi connectivity index (χ3v) is 4.20. The van der Waals surface area contributed by atoms with Gasteiger partial charge in [0.25, 0.3) is 0 Å². The molecule has 6 nitrogen and oxygen atoms in total. The molecule has 1 fully saturated rings. The van der Waals surface area contributed by atoms with Crippen molar-refractivity contribution in [3.63, 3.8) is 0 Å². The lowest BCUT2D eigenvalue weighted by Gasteiger charge is -2.25. The summed E-state index contributed by atoms with van der Waals surface area (Å²) in [5.41, 5.74) is 0. The number of aliphatic carboxylic acids is 1. The number of hydrogen-bond donors (Lipinski definition) is 3. The van der Waals surface area contributed by atoms with Gasteiger partial charge in [0.05, 0.1) is 31.7 Å². The summed E-state index contributed by atoms with van der Waals surface area (Å²) in [6, 6.07) is 0. The molecule has 2 atom stereocenters. The van der Waals surface area contributed by atoms with Crippen LogP contribution in [0, 0.1) is 11.8 Å². The fourth-order valence-electron chi connectivity index (χ4n) is 2.80. The van der Waals surface area contributed by atoms with Crippen molar-refractivity contribution in [2.24, 2.45) is 11.8 Å². The Morgan fingerprint density at radius 2 is 1.54 bits per heavy atom. The fraction of sp³-hybridized carbons (Fsp3) is 0.889. The van der Waals surface area contributed by atoms with E-state index in [2.05, 4.69) is 6.92 Å². The predicted molar refractivity (Wildman–Crippen MR) is 91.6 cm³/mol. The number of carbonyl (C=O) groups excluding carboxylic acids is 1. The maximum Gasteiger partial charge on any atom is 0.308 e. The molecule has 1 rings (SSSR count). The number of carboxylic acids is 1. The Morgan fingerprint density at radius 3 is 2.12 bits per heavy atom. The Bertz CT molecular complexity index is 329. The summed E-state index contributed by atoms with van der Waals surface area (Å²) in [5, 5.41) is 24.3. The van der Waals surface area contributed by atoms with Crippen molar-refractivity contribution in [3.05, 3.63) is 0 Å². The van der Waals surface area contributed by atoms with Gasteiger partial charge in [-0.15, -0.1) is 0 Å². The molecule has 0 amide bonds. The summed E-state index contributed by atoms with van der Waals surface area (Å²) in [6.45, 7) is 2.43. The molecule has 0 heterocycles. The van der Waals surface area contributed by atoms with Gasteiger partial charge in [-0.05, 0) is 25.7 Å². The molecule has 0 spiro atoms. The third-order valence-electron chi connectivity index (χ3n) is 4.20. The van der Waals surface area contributed by atoms with Gasteiger partial charge < -0.3 is 20.1 Å². The minimum absolute atomic E-state index is 0.125. The van der Waals surface area contributed by atoms with Crippen molar-refractivity contribution in [2.75, 3.05) is 19.8 Å². The van der Waals surface area contributed by atoms with Crippen LogP contribution in [0.4, 0.5) is 0 Å². The monoisotopic (exact) mass is 346 g/mol.